The van der Waals surface area contributed by atoms with E-state index in [0.29, 0.717) is 6.54 Å². The molecule has 0 aliphatic heterocycles. The molecule has 0 aliphatic rings. The topological polar surface area (TPSA) is 69.7 Å². The van der Waals surface area contributed by atoms with Gasteiger partial charge in [-0.15, -0.1) is 0 Å². The number of benzene rings is 1. The standard InChI is InChI=1S/C14H16N6/c1-20(2)11-5-3-4-10(6-11)7-15-13-12-8-18-19-14(12)17-9-16-13/h3-6,8-9H,7H2,1-2H3,(H2,15,16,17,18,19). The molecule has 0 radical (unpaired) electrons. The van der Waals surface area contributed by atoms with Gasteiger partial charge in [-0.1, -0.05) is 12.1 Å². The second-order valence-electron chi connectivity index (χ2n) is 4.77. The summed E-state index contributed by atoms with van der Waals surface area (Å²) < 4.78 is 0. The van der Waals surface area contributed by atoms with Crippen molar-refractivity contribution in [3.63, 3.8) is 0 Å². The molecule has 3 aromatic rings. The zero-order valence-electron chi connectivity index (χ0n) is 11.5. The van der Waals surface area contributed by atoms with Crippen LogP contribution in [0.4, 0.5) is 11.5 Å². The number of rotatable bonds is 4. The number of fused-ring (bicyclic) bond motifs is 1. The van der Waals surface area contributed by atoms with E-state index >= 15 is 0 Å². The Kier molecular flexibility index (Phi) is 3.20. The van der Waals surface area contributed by atoms with E-state index in [1.54, 1.807) is 6.20 Å². The van der Waals surface area contributed by atoms with Gasteiger partial charge >= 0.3 is 0 Å². The van der Waals surface area contributed by atoms with Gasteiger partial charge in [0.25, 0.3) is 0 Å². The maximum absolute atomic E-state index is 4.26. The second kappa shape index (κ2) is 5.16. The van der Waals surface area contributed by atoms with Crippen molar-refractivity contribution in [1.29, 1.82) is 0 Å². The van der Waals surface area contributed by atoms with Gasteiger partial charge in [-0.3, -0.25) is 5.10 Å². The third kappa shape index (κ3) is 2.40. The number of aromatic nitrogens is 4. The smallest absolute Gasteiger partial charge is 0.160 e. The molecule has 3 rings (SSSR count). The van der Waals surface area contributed by atoms with E-state index in [1.807, 2.05) is 14.1 Å². The molecule has 6 heteroatoms. The van der Waals surface area contributed by atoms with Gasteiger partial charge in [0.05, 0.1) is 11.6 Å². The third-order valence-corrected chi connectivity index (χ3v) is 3.13. The van der Waals surface area contributed by atoms with Crippen LogP contribution in [-0.4, -0.2) is 34.3 Å². The Morgan fingerprint density at radius 1 is 1.25 bits per heavy atom. The Morgan fingerprint density at radius 2 is 2.15 bits per heavy atom. The Bertz CT molecular complexity index is 718. The molecule has 0 bridgehead atoms. The lowest BCUT2D eigenvalue weighted by molar-refractivity contribution is 1.07. The zero-order valence-corrected chi connectivity index (χ0v) is 11.5. The molecule has 1 aromatic carbocycles. The largest absolute Gasteiger partial charge is 0.378 e. The molecule has 0 saturated carbocycles. The van der Waals surface area contributed by atoms with E-state index in [1.165, 1.54) is 17.6 Å². The first-order chi connectivity index (χ1) is 9.74. The average molecular weight is 268 g/mol. The molecule has 2 N–H and O–H groups in total. The quantitative estimate of drug-likeness (QED) is 0.757. The fourth-order valence-electron chi connectivity index (χ4n) is 2.04. The van der Waals surface area contributed by atoms with Crippen LogP contribution in [0, 0.1) is 0 Å². The highest BCUT2D eigenvalue weighted by Gasteiger charge is 2.05. The van der Waals surface area contributed by atoms with Crippen molar-refractivity contribution >= 4 is 22.5 Å². The predicted octanol–water partition coefficient (Wildman–Crippen LogP) is 2.03. The lowest BCUT2D eigenvalue weighted by Crippen LogP contribution is -2.09. The van der Waals surface area contributed by atoms with Gasteiger partial charge in [-0.2, -0.15) is 5.10 Å². The molecule has 0 unspecified atom stereocenters. The Labute approximate surface area is 116 Å². The monoisotopic (exact) mass is 268 g/mol. The fourth-order valence-corrected chi connectivity index (χ4v) is 2.04. The summed E-state index contributed by atoms with van der Waals surface area (Å²) in [7, 11) is 4.07. The van der Waals surface area contributed by atoms with E-state index in [4.69, 9.17) is 0 Å². The number of H-pyrrole nitrogens is 1. The van der Waals surface area contributed by atoms with E-state index in [9.17, 15) is 0 Å². The van der Waals surface area contributed by atoms with Crippen LogP contribution in [0.5, 0.6) is 0 Å². The average Bonchev–Trinajstić information content (AvgIpc) is 2.94. The van der Waals surface area contributed by atoms with Crippen molar-refractivity contribution in [3.05, 3.63) is 42.4 Å². The number of nitrogens with zero attached hydrogens (tertiary/aromatic N) is 4. The van der Waals surface area contributed by atoms with E-state index < -0.39 is 0 Å². The second-order valence-corrected chi connectivity index (χ2v) is 4.77. The molecule has 0 atom stereocenters. The van der Waals surface area contributed by atoms with Gasteiger partial charge in [-0.05, 0) is 17.7 Å². The maximum Gasteiger partial charge on any atom is 0.160 e. The maximum atomic E-state index is 4.26. The summed E-state index contributed by atoms with van der Waals surface area (Å²) in [6.45, 7) is 0.707. The van der Waals surface area contributed by atoms with Crippen molar-refractivity contribution in [1.82, 2.24) is 20.2 Å². The van der Waals surface area contributed by atoms with Crippen LogP contribution in [0.15, 0.2) is 36.8 Å². The van der Waals surface area contributed by atoms with Crippen LogP contribution in [0.1, 0.15) is 5.56 Å². The predicted molar refractivity (Wildman–Crippen MR) is 79.8 cm³/mol. The normalized spacial score (nSPS) is 10.7. The molecular formula is C14H16N6. The Balaban J connectivity index is 1.79. The number of nitrogens with one attached hydrogen (secondary N) is 2. The van der Waals surface area contributed by atoms with Crippen molar-refractivity contribution in [2.75, 3.05) is 24.3 Å². The first-order valence-electron chi connectivity index (χ1n) is 6.38. The van der Waals surface area contributed by atoms with Crippen LogP contribution in [-0.2, 0) is 6.54 Å². The van der Waals surface area contributed by atoms with E-state index in [-0.39, 0.29) is 0 Å². The lowest BCUT2D eigenvalue weighted by Gasteiger charge is -2.14. The number of aromatic amines is 1. The van der Waals surface area contributed by atoms with E-state index in [2.05, 4.69) is 54.6 Å². The zero-order chi connectivity index (χ0) is 13.9. The molecule has 20 heavy (non-hydrogen) atoms. The van der Waals surface area contributed by atoms with Gasteiger partial charge in [0, 0.05) is 26.3 Å². The van der Waals surface area contributed by atoms with Crippen molar-refractivity contribution in [2.24, 2.45) is 0 Å². The van der Waals surface area contributed by atoms with Gasteiger partial charge in [-0.25, -0.2) is 9.97 Å². The fraction of sp³-hybridized carbons (Fsp3) is 0.214. The molecule has 2 aromatic heterocycles. The van der Waals surface area contributed by atoms with Crippen molar-refractivity contribution in [2.45, 2.75) is 6.54 Å². The summed E-state index contributed by atoms with van der Waals surface area (Å²) >= 11 is 0. The minimum absolute atomic E-state index is 0.707. The molecule has 0 fully saturated rings. The van der Waals surface area contributed by atoms with Crippen molar-refractivity contribution in [3.8, 4) is 0 Å². The number of anilines is 2. The van der Waals surface area contributed by atoms with Gasteiger partial charge < -0.3 is 10.2 Å². The molecule has 0 amide bonds. The summed E-state index contributed by atoms with van der Waals surface area (Å²) in [6, 6.07) is 8.39. The Morgan fingerprint density at radius 3 is 3.00 bits per heavy atom. The minimum Gasteiger partial charge on any atom is -0.378 e. The number of hydrogen-bond acceptors (Lipinski definition) is 5. The summed E-state index contributed by atoms with van der Waals surface area (Å²) in [5.74, 6) is 0.791. The Hall–Kier alpha value is -2.63. The van der Waals surface area contributed by atoms with Crippen LogP contribution < -0.4 is 10.2 Å². The van der Waals surface area contributed by atoms with Crippen LogP contribution in [0.3, 0.4) is 0 Å². The molecule has 0 spiro atoms. The summed E-state index contributed by atoms with van der Waals surface area (Å²) in [4.78, 5) is 10.5. The highest BCUT2D eigenvalue weighted by atomic mass is 15.2. The molecule has 102 valence electrons. The molecule has 2 heterocycles. The van der Waals surface area contributed by atoms with Gasteiger partial charge in [0.15, 0.2) is 5.65 Å². The first kappa shape index (κ1) is 12.4. The summed E-state index contributed by atoms with van der Waals surface area (Å²) in [6.07, 6.45) is 3.26. The molecule has 0 aliphatic carbocycles. The van der Waals surface area contributed by atoms with Gasteiger partial charge in [0.2, 0.25) is 0 Å². The third-order valence-electron chi connectivity index (χ3n) is 3.13. The van der Waals surface area contributed by atoms with Crippen molar-refractivity contribution < 1.29 is 0 Å². The summed E-state index contributed by atoms with van der Waals surface area (Å²) in [5.41, 5.74) is 3.12. The van der Waals surface area contributed by atoms with E-state index in [0.717, 1.165) is 16.9 Å². The minimum atomic E-state index is 0.707. The van der Waals surface area contributed by atoms with Crippen LogP contribution in [0.2, 0.25) is 0 Å². The highest BCUT2D eigenvalue weighted by molar-refractivity contribution is 5.85. The van der Waals surface area contributed by atoms with Crippen LogP contribution >= 0.6 is 0 Å². The SMILES string of the molecule is CN(C)c1cccc(CNc2ncnc3[nH]ncc23)c1. The van der Waals surface area contributed by atoms with Gasteiger partial charge in [0.1, 0.15) is 12.1 Å². The number of hydrogen-bond donors (Lipinski definition) is 2. The summed E-state index contributed by atoms with van der Waals surface area (Å²) in [5, 5.41) is 11.0. The molecule has 0 saturated heterocycles. The highest BCUT2D eigenvalue weighted by Crippen LogP contribution is 2.18. The first-order valence-corrected chi connectivity index (χ1v) is 6.38. The molecule has 6 nitrogen and oxygen atoms in total. The van der Waals surface area contributed by atoms with Crippen LogP contribution in [0.25, 0.3) is 11.0 Å². The molecular weight excluding hydrogens is 252 g/mol. The lowest BCUT2D eigenvalue weighted by atomic mass is 10.2.